The van der Waals surface area contributed by atoms with Crippen molar-refractivity contribution in [3.63, 3.8) is 0 Å². The summed E-state index contributed by atoms with van der Waals surface area (Å²) in [5.74, 6) is -0.581. The molecule has 3 rings (SSSR count). The highest BCUT2D eigenvalue weighted by molar-refractivity contribution is 5.87. The van der Waals surface area contributed by atoms with Crippen molar-refractivity contribution in [1.29, 1.82) is 0 Å². The number of carbonyl (C=O) groups is 1. The van der Waals surface area contributed by atoms with Gasteiger partial charge in [-0.2, -0.15) is 0 Å². The van der Waals surface area contributed by atoms with Crippen molar-refractivity contribution in [3.05, 3.63) is 34.9 Å². The Morgan fingerprint density at radius 2 is 0.735 bits per heavy atom. The fourth-order valence-corrected chi connectivity index (χ4v) is 6.69. The molecule has 0 saturated carbocycles. The van der Waals surface area contributed by atoms with Gasteiger partial charge in [0.1, 0.15) is 5.41 Å². The van der Waals surface area contributed by atoms with Crippen LogP contribution >= 0.6 is 0 Å². The standard InChI is InChI=1S/C32H52O2/c33-31(34)32(28-22-16-10-4-1-5-11-17-23-28,29-24-18-12-6-2-7-13-19-25-29)30-26-20-14-8-3-9-15-21-27-30/h22,24,26H,1-21,23,25,27H2,(H,33,34). The summed E-state index contributed by atoms with van der Waals surface area (Å²) in [6.45, 7) is 0. The molecular weight excluding hydrogens is 416 g/mol. The third-order valence-electron chi connectivity index (χ3n) is 8.64. The first-order chi connectivity index (χ1) is 16.8. The zero-order valence-corrected chi connectivity index (χ0v) is 22.1. The monoisotopic (exact) mass is 468 g/mol. The Morgan fingerprint density at radius 3 is 1.03 bits per heavy atom. The van der Waals surface area contributed by atoms with Crippen molar-refractivity contribution in [1.82, 2.24) is 0 Å². The van der Waals surface area contributed by atoms with Crippen LogP contribution in [0.1, 0.15) is 154 Å². The van der Waals surface area contributed by atoms with Gasteiger partial charge in [-0.25, -0.2) is 0 Å². The quantitative estimate of drug-likeness (QED) is 0.417. The van der Waals surface area contributed by atoms with E-state index in [0.717, 1.165) is 57.8 Å². The molecule has 2 nitrogen and oxygen atoms in total. The van der Waals surface area contributed by atoms with Gasteiger partial charge in [0.15, 0.2) is 0 Å². The van der Waals surface area contributed by atoms with E-state index in [9.17, 15) is 9.90 Å². The molecular formula is C32H52O2. The first-order valence-electron chi connectivity index (χ1n) is 15.1. The minimum atomic E-state index is -0.877. The second kappa shape index (κ2) is 15.6. The van der Waals surface area contributed by atoms with Gasteiger partial charge in [-0.1, -0.05) is 95.3 Å². The zero-order chi connectivity index (χ0) is 23.9. The van der Waals surface area contributed by atoms with E-state index in [0.29, 0.717) is 0 Å². The average Bonchev–Trinajstić information content (AvgIpc) is 2.86. The van der Waals surface area contributed by atoms with Crippen LogP contribution in [0.15, 0.2) is 34.9 Å². The van der Waals surface area contributed by atoms with Crippen LogP contribution in [-0.2, 0) is 4.79 Å². The summed E-state index contributed by atoms with van der Waals surface area (Å²) in [4.78, 5) is 13.7. The van der Waals surface area contributed by atoms with Crippen LogP contribution in [0.5, 0.6) is 0 Å². The summed E-state index contributed by atoms with van der Waals surface area (Å²) in [6, 6.07) is 0. The lowest BCUT2D eigenvalue weighted by Gasteiger charge is -2.39. The molecule has 1 N–H and O–H groups in total. The van der Waals surface area contributed by atoms with Gasteiger partial charge in [-0.3, -0.25) is 4.79 Å². The maximum absolute atomic E-state index is 13.7. The first kappa shape index (κ1) is 27.3. The van der Waals surface area contributed by atoms with Crippen LogP contribution in [0.25, 0.3) is 0 Å². The molecule has 0 aliphatic heterocycles. The molecule has 0 amide bonds. The molecule has 0 fully saturated rings. The summed E-state index contributed by atoms with van der Waals surface area (Å²) in [7, 11) is 0. The van der Waals surface area contributed by atoms with Gasteiger partial charge in [0.05, 0.1) is 0 Å². The van der Waals surface area contributed by atoms with Gasteiger partial charge >= 0.3 is 5.97 Å². The Morgan fingerprint density at radius 1 is 0.471 bits per heavy atom. The lowest BCUT2D eigenvalue weighted by Crippen LogP contribution is -2.38. The molecule has 2 heteroatoms. The van der Waals surface area contributed by atoms with E-state index in [1.165, 1.54) is 113 Å². The van der Waals surface area contributed by atoms with Crippen molar-refractivity contribution in [3.8, 4) is 0 Å². The molecule has 34 heavy (non-hydrogen) atoms. The predicted octanol–water partition coefficient (Wildman–Crippen LogP) is 10.2. The molecule has 0 unspecified atom stereocenters. The Bertz CT molecular complexity index is 612. The molecule has 0 atom stereocenters. The Kier molecular flexibility index (Phi) is 12.5. The highest BCUT2D eigenvalue weighted by atomic mass is 16.4. The zero-order valence-electron chi connectivity index (χ0n) is 22.1. The number of aliphatic carboxylic acids is 1. The van der Waals surface area contributed by atoms with E-state index in [1.807, 2.05) is 0 Å². The molecule has 3 aliphatic rings. The Labute approximate surface area is 210 Å². The van der Waals surface area contributed by atoms with Crippen molar-refractivity contribution < 1.29 is 9.90 Å². The predicted molar refractivity (Wildman–Crippen MR) is 145 cm³/mol. The molecule has 0 radical (unpaired) electrons. The minimum absolute atomic E-state index is 0.581. The van der Waals surface area contributed by atoms with E-state index in [2.05, 4.69) is 18.2 Å². The van der Waals surface area contributed by atoms with Gasteiger partial charge in [-0.05, 0) is 93.8 Å². The molecule has 0 aromatic rings. The number of rotatable bonds is 4. The van der Waals surface area contributed by atoms with Crippen molar-refractivity contribution in [2.45, 2.75) is 154 Å². The summed E-state index contributed by atoms with van der Waals surface area (Å²) < 4.78 is 0. The first-order valence-corrected chi connectivity index (χ1v) is 15.1. The number of hydrogen-bond acceptors (Lipinski definition) is 1. The topological polar surface area (TPSA) is 37.3 Å². The van der Waals surface area contributed by atoms with Crippen molar-refractivity contribution in [2.75, 3.05) is 0 Å². The molecule has 0 heterocycles. The van der Waals surface area contributed by atoms with Gasteiger partial charge in [0.2, 0.25) is 0 Å². The Hall–Kier alpha value is -1.31. The van der Waals surface area contributed by atoms with Crippen LogP contribution in [-0.4, -0.2) is 11.1 Å². The van der Waals surface area contributed by atoms with E-state index >= 15 is 0 Å². The number of hydrogen-bond donors (Lipinski definition) is 1. The van der Waals surface area contributed by atoms with Crippen LogP contribution in [0.3, 0.4) is 0 Å². The van der Waals surface area contributed by atoms with Crippen molar-refractivity contribution in [2.24, 2.45) is 5.41 Å². The maximum Gasteiger partial charge on any atom is 0.322 e. The smallest absolute Gasteiger partial charge is 0.322 e. The van der Waals surface area contributed by atoms with Crippen LogP contribution < -0.4 is 0 Å². The summed E-state index contributed by atoms with van der Waals surface area (Å²) >= 11 is 0. The largest absolute Gasteiger partial charge is 0.480 e. The second-order valence-electron chi connectivity index (χ2n) is 11.2. The highest BCUT2D eigenvalue weighted by Gasteiger charge is 2.47. The number of allylic oxidation sites excluding steroid dienone is 3. The fraction of sp³-hybridized carbons (Fsp3) is 0.781. The lowest BCUT2D eigenvalue weighted by atomic mass is 9.63. The van der Waals surface area contributed by atoms with Gasteiger partial charge in [0.25, 0.3) is 0 Å². The molecule has 192 valence electrons. The van der Waals surface area contributed by atoms with Crippen LogP contribution in [0, 0.1) is 5.41 Å². The molecule has 0 aromatic heterocycles. The van der Waals surface area contributed by atoms with Crippen molar-refractivity contribution >= 4 is 5.97 Å². The fourth-order valence-electron chi connectivity index (χ4n) is 6.69. The van der Waals surface area contributed by atoms with Gasteiger partial charge in [0, 0.05) is 0 Å². The third kappa shape index (κ3) is 7.85. The molecule has 0 saturated heterocycles. The van der Waals surface area contributed by atoms with E-state index < -0.39 is 11.4 Å². The minimum Gasteiger partial charge on any atom is -0.480 e. The second-order valence-corrected chi connectivity index (χ2v) is 11.2. The van der Waals surface area contributed by atoms with E-state index in [-0.39, 0.29) is 0 Å². The normalized spacial score (nSPS) is 25.0. The summed E-state index contributed by atoms with van der Waals surface area (Å²) in [5, 5.41) is 11.2. The molecule has 0 aromatic carbocycles. The number of carboxylic acids is 1. The summed E-state index contributed by atoms with van der Waals surface area (Å²) in [5.41, 5.74) is 2.85. The summed E-state index contributed by atoms with van der Waals surface area (Å²) in [6.07, 6.45) is 35.8. The average molecular weight is 469 g/mol. The van der Waals surface area contributed by atoms with Crippen LogP contribution in [0.2, 0.25) is 0 Å². The van der Waals surface area contributed by atoms with E-state index in [4.69, 9.17) is 0 Å². The maximum atomic E-state index is 13.7. The SMILES string of the molecule is O=C(O)C(C1=CCCCCCCCC1)(C1=CCCCCCCCC1)C1=CCCCCCCCC1. The molecule has 0 spiro atoms. The number of carboxylic acid groups (broad SMARTS) is 1. The molecule has 3 aliphatic carbocycles. The third-order valence-corrected chi connectivity index (χ3v) is 8.64. The molecule has 0 bridgehead atoms. The Balaban J connectivity index is 2.10. The van der Waals surface area contributed by atoms with Gasteiger partial charge in [-0.15, -0.1) is 0 Å². The van der Waals surface area contributed by atoms with Gasteiger partial charge < -0.3 is 5.11 Å². The van der Waals surface area contributed by atoms with E-state index in [1.54, 1.807) is 0 Å². The van der Waals surface area contributed by atoms with Crippen LogP contribution in [0.4, 0.5) is 0 Å². The lowest BCUT2D eigenvalue weighted by molar-refractivity contribution is -0.143. The highest BCUT2D eigenvalue weighted by Crippen LogP contribution is 2.50.